The van der Waals surface area contributed by atoms with E-state index in [1.807, 2.05) is 32.0 Å². The SMILES string of the molecule is CCCCNC(=O)[C@@H](CC)N(Cc1ccccc1Cl)C(=O)CCCN(c1cccc(Cl)c1C)S(C)(=O)=O. The molecule has 7 nitrogen and oxygen atoms in total. The van der Waals surface area contributed by atoms with Crippen molar-refractivity contribution < 1.29 is 18.0 Å². The number of carbonyl (C=O) groups is 2. The summed E-state index contributed by atoms with van der Waals surface area (Å²) in [7, 11) is -3.61. The first-order valence-corrected chi connectivity index (χ1v) is 15.1. The molecule has 2 amide bonds. The van der Waals surface area contributed by atoms with Crippen LogP contribution < -0.4 is 9.62 Å². The summed E-state index contributed by atoms with van der Waals surface area (Å²) in [5.41, 5.74) is 1.87. The lowest BCUT2D eigenvalue weighted by molar-refractivity contribution is -0.141. The zero-order valence-electron chi connectivity index (χ0n) is 22.0. The third-order valence-electron chi connectivity index (χ3n) is 6.17. The highest BCUT2D eigenvalue weighted by Gasteiger charge is 2.29. The Balaban J connectivity index is 2.24. The minimum atomic E-state index is -3.61. The molecular weight excluding hydrogens is 533 g/mol. The van der Waals surface area contributed by atoms with Crippen LogP contribution in [0.25, 0.3) is 0 Å². The molecule has 1 atom stereocenters. The van der Waals surface area contributed by atoms with E-state index < -0.39 is 16.1 Å². The van der Waals surface area contributed by atoms with E-state index in [1.165, 1.54) is 4.31 Å². The van der Waals surface area contributed by atoms with Gasteiger partial charge in [0, 0.05) is 36.1 Å². The average molecular weight is 571 g/mol. The van der Waals surface area contributed by atoms with Gasteiger partial charge >= 0.3 is 0 Å². The Morgan fingerprint density at radius 1 is 1.00 bits per heavy atom. The smallest absolute Gasteiger partial charge is 0.242 e. The summed E-state index contributed by atoms with van der Waals surface area (Å²) in [4.78, 5) is 28.0. The highest BCUT2D eigenvalue weighted by molar-refractivity contribution is 7.92. The Kier molecular flexibility index (Phi) is 12.2. The number of amides is 2. The van der Waals surface area contributed by atoms with Crippen molar-refractivity contribution in [2.45, 2.75) is 65.5 Å². The van der Waals surface area contributed by atoms with Gasteiger partial charge in [-0.05, 0) is 55.5 Å². The van der Waals surface area contributed by atoms with E-state index in [9.17, 15) is 18.0 Å². The number of hydrogen-bond donors (Lipinski definition) is 1. The molecule has 2 aromatic rings. The highest BCUT2D eigenvalue weighted by Crippen LogP contribution is 2.28. The van der Waals surface area contributed by atoms with E-state index in [2.05, 4.69) is 5.32 Å². The standard InChI is InChI=1S/C27H37Cl2N3O4S/c1-5-7-17-30-27(34)24(6-2)31(19-21-12-8-9-13-23(21)29)26(33)16-11-18-32(37(4,35)36)25-15-10-14-22(28)20(25)3/h8-10,12-15,24H,5-7,11,16-19H2,1-4H3,(H,30,34)/t24-/m1/s1. The van der Waals surface area contributed by atoms with Crippen LogP contribution in [0.3, 0.4) is 0 Å². The minimum Gasteiger partial charge on any atom is -0.354 e. The van der Waals surface area contributed by atoms with Crippen LogP contribution in [0, 0.1) is 6.92 Å². The first-order valence-electron chi connectivity index (χ1n) is 12.5. The predicted molar refractivity (Wildman–Crippen MR) is 152 cm³/mol. The Morgan fingerprint density at radius 2 is 1.68 bits per heavy atom. The molecule has 0 aliphatic heterocycles. The Morgan fingerprint density at radius 3 is 2.30 bits per heavy atom. The second-order valence-electron chi connectivity index (χ2n) is 9.00. The minimum absolute atomic E-state index is 0.0643. The van der Waals surface area contributed by atoms with Gasteiger partial charge < -0.3 is 10.2 Å². The molecule has 0 fully saturated rings. The lowest BCUT2D eigenvalue weighted by Crippen LogP contribution is -2.49. The summed E-state index contributed by atoms with van der Waals surface area (Å²) in [5.74, 6) is -0.447. The Hall–Kier alpha value is -2.29. The molecule has 2 aromatic carbocycles. The molecular formula is C27H37Cl2N3O4S. The van der Waals surface area contributed by atoms with Crippen molar-refractivity contribution >= 4 is 50.7 Å². The van der Waals surface area contributed by atoms with Crippen molar-refractivity contribution in [2.75, 3.05) is 23.7 Å². The van der Waals surface area contributed by atoms with E-state index in [1.54, 1.807) is 36.1 Å². The third-order valence-corrected chi connectivity index (χ3v) is 8.13. The van der Waals surface area contributed by atoms with Crippen LogP contribution in [0.2, 0.25) is 10.0 Å². The summed E-state index contributed by atoms with van der Waals surface area (Å²) < 4.78 is 26.4. The number of rotatable bonds is 14. The molecule has 0 aliphatic carbocycles. The molecule has 204 valence electrons. The second-order valence-corrected chi connectivity index (χ2v) is 11.7. The van der Waals surface area contributed by atoms with Crippen molar-refractivity contribution in [3.63, 3.8) is 0 Å². The van der Waals surface area contributed by atoms with E-state index in [0.717, 1.165) is 24.7 Å². The summed E-state index contributed by atoms with van der Waals surface area (Å²) in [6.07, 6.45) is 3.70. The van der Waals surface area contributed by atoms with Crippen molar-refractivity contribution in [3.05, 3.63) is 63.6 Å². The normalized spacial score (nSPS) is 12.2. The second kappa shape index (κ2) is 14.6. The summed E-state index contributed by atoms with van der Waals surface area (Å²) in [5, 5.41) is 3.91. The molecule has 0 saturated heterocycles. The van der Waals surface area contributed by atoms with Gasteiger partial charge in [-0.15, -0.1) is 0 Å². The zero-order valence-corrected chi connectivity index (χ0v) is 24.3. The van der Waals surface area contributed by atoms with Gasteiger partial charge in [0.2, 0.25) is 21.8 Å². The fraction of sp³-hybridized carbons (Fsp3) is 0.481. The molecule has 0 bridgehead atoms. The number of anilines is 1. The fourth-order valence-electron chi connectivity index (χ4n) is 4.08. The predicted octanol–water partition coefficient (Wildman–Crippen LogP) is 5.57. The summed E-state index contributed by atoms with van der Waals surface area (Å²) in [6.45, 7) is 6.50. The molecule has 1 N–H and O–H groups in total. The van der Waals surface area contributed by atoms with Crippen molar-refractivity contribution in [2.24, 2.45) is 0 Å². The van der Waals surface area contributed by atoms with E-state index in [4.69, 9.17) is 23.2 Å². The number of halogens is 2. The van der Waals surface area contributed by atoms with Crippen LogP contribution in [-0.4, -0.2) is 50.5 Å². The number of carbonyl (C=O) groups excluding carboxylic acids is 2. The van der Waals surface area contributed by atoms with Crippen LogP contribution in [0.15, 0.2) is 42.5 Å². The van der Waals surface area contributed by atoms with Crippen LogP contribution in [0.4, 0.5) is 5.69 Å². The van der Waals surface area contributed by atoms with Crippen molar-refractivity contribution in [1.29, 1.82) is 0 Å². The number of benzene rings is 2. The van der Waals surface area contributed by atoms with Gasteiger partial charge in [0.05, 0.1) is 11.9 Å². The first kappa shape index (κ1) is 30.9. The quantitative estimate of drug-likeness (QED) is 0.301. The summed E-state index contributed by atoms with van der Waals surface area (Å²) >= 11 is 12.6. The van der Waals surface area contributed by atoms with Gasteiger partial charge in [-0.2, -0.15) is 0 Å². The number of sulfonamides is 1. The Labute approximate surface area is 231 Å². The van der Waals surface area contributed by atoms with Crippen molar-refractivity contribution in [1.82, 2.24) is 10.2 Å². The maximum atomic E-state index is 13.5. The maximum absolute atomic E-state index is 13.5. The molecule has 0 radical (unpaired) electrons. The third kappa shape index (κ3) is 8.90. The zero-order chi connectivity index (χ0) is 27.6. The molecule has 0 saturated carbocycles. The maximum Gasteiger partial charge on any atom is 0.242 e. The van der Waals surface area contributed by atoms with Crippen LogP contribution in [0.1, 0.15) is 57.1 Å². The van der Waals surface area contributed by atoms with Crippen molar-refractivity contribution in [3.8, 4) is 0 Å². The molecule has 37 heavy (non-hydrogen) atoms. The van der Waals surface area contributed by atoms with E-state index in [-0.39, 0.29) is 37.7 Å². The molecule has 0 unspecified atom stereocenters. The number of unbranched alkanes of at least 4 members (excludes halogenated alkanes) is 1. The molecule has 0 spiro atoms. The van der Waals surface area contributed by atoms with E-state index in [0.29, 0.717) is 34.3 Å². The van der Waals surface area contributed by atoms with Gasteiger partial charge in [-0.1, -0.05) is 67.7 Å². The van der Waals surface area contributed by atoms with Gasteiger partial charge in [-0.25, -0.2) is 8.42 Å². The van der Waals surface area contributed by atoms with Crippen LogP contribution >= 0.6 is 23.2 Å². The number of hydrogen-bond acceptors (Lipinski definition) is 4. The number of nitrogens with one attached hydrogen (secondary N) is 1. The average Bonchev–Trinajstić information content (AvgIpc) is 2.84. The van der Waals surface area contributed by atoms with E-state index >= 15 is 0 Å². The lowest BCUT2D eigenvalue weighted by atomic mass is 10.1. The monoisotopic (exact) mass is 569 g/mol. The summed E-state index contributed by atoms with van der Waals surface area (Å²) in [6, 6.07) is 11.7. The van der Waals surface area contributed by atoms with Gasteiger partial charge in [0.15, 0.2) is 0 Å². The molecule has 0 heterocycles. The molecule has 2 rings (SSSR count). The molecule has 10 heteroatoms. The topological polar surface area (TPSA) is 86.8 Å². The van der Waals surface area contributed by atoms with Gasteiger partial charge in [0.25, 0.3) is 0 Å². The van der Waals surface area contributed by atoms with Gasteiger partial charge in [0.1, 0.15) is 6.04 Å². The van der Waals surface area contributed by atoms with Crippen LogP contribution in [-0.2, 0) is 26.2 Å². The fourth-order valence-corrected chi connectivity index (χ4v) is 5.47. The lowest BCUT2D eigenvalue weighted by Gasteiger charge is -2.31. The number of nitrogens with zero attached hydrogens (tertiary/aromatic N) is 2. The Bertz CT molecular complexity index is 1170. The van der Waals surface area contributed by atoms with Gasteiger partial charge in [-0.3, -0.25) is 13.9 Å². The first-order chi connectivity index (χ1) is 17.5. The highest BCUT2D eigenvalue weighted by atomic mass is 35.5. The molecule has 0 aromatic heterocycles. The van der Waals surface area contributed by atoms with Crippen LogP contribution in [0.5, 0.6) is 0 Å². The molecule has 0 aliphatic rings. The largest absolute Gasteiger partial charge is 0.354 e.